The summed E-state index contributed by atoms with van der Waals surface area (Å²) in [4.78, 5) is 23.4. The van der Waals surface area contributed by atoms with E-state index in [9.17, 15) is 14.0 Å². The van der Waals surface area contributed by atoms with E-state index < -0.39 is 17.8 Å². The van der Waals surface area contributed by atoms with Crippen LogP contribution >= 0.6 is 0 Å². The topological polar surface area (TPSA) is 80.3 Å². The highest BCUT2D eigenvalue weighted by Gasteiger charge is 2.11. The van der Waals surface area contributed by atoms with Gasteiger partial charge in [0.1, 0.15) is 19.0 Å². The molecule has 0 aliphatic rings. The minimum absolute atomic E-state index is 0.0172. The van der Waals surface area contributed by atoms with Gasteiger partial charge in [0.25, 0.3) is 0 Å². The van der Waals surface area contributed by atoms with Crippen LogP contribution in [0.3, 0.4) is 0 Å². The van der Waals surface area contributed by atoms with Gasteiger partial charge in [0.2, 0.25) is 0 Å². The van der Waals surface area contributed by atoms with Gasteiger partial charge in [-0.15, -0.1) is 0 Å². The van der Waals surface area contributed by atoms with Gasteiger partial charge in [-0.05, 0) is 35.4 Å². The molecule has 0 heterocycles. The summed E-state index contributed by atoms with van der Waals surface area (Å²) >= 11 is 0. The second-order valence-electron chi connectivity index (χ2n) is 6.62. The summed E-state index contributed by atoms with van der Waals surface area (Å²) in [6.07, 6.45) is 0. The number of methoxy groups -OCH3 is 2. The maximum absolute atomic E-state index is 14.4. The van der Waals surface area contributed by atoms with Crippen molar-refractivity contribution in [2.24, 2.45) is 0 Å². The third-order valence-corrected chi connectivity index (χ3v) is 4.12. The molecule has 0 amide bonds. The molecule has 0 aromatic heterocycles. The van der Waals surface area contributed by atoms with E-state index in [2.05, 4.69) is 13.2 Å². The van der Waals surface area contributed by atoms with Gasteiger partial charge in [0.05, 0.1) is 24.4 Å². The Bertz CT molecular complexity index is 967. The van der Waals surface area contributed by atoms with Crippen LogP contribution < -0.4 is 9.47 Å². The Morgan fingerprint density at radius 3 is 2.03 bits per heavy atom. The molecular weight excluding hydrogens is 419 g/mol. The van der Waals surface area contributed by atoms with E-state index in [1.807, 2.05) is 0 Å². The van der Waals surface area contributed by atoms with Crippen molar-refractivity contribution >= 4 is 11.9 Å². The Kier molecular flexibility index (Phi) is 9.59. The summed E-state index contributed by atoms with van der Waals surface area (Å²) < 4.78 is 39.5. The number of hydrogen-bond donors (Lipinski definition) is 0. The van der Waals surface area contributed by atoms with E-state index in [1.54, 1.807) is 30.3 Å². The lowest BCUT2D eigenvalue weighted by molar-refractivity contribution is -0.140. The Morgan fingerprint density at radius 1 is 0.844 bits per heavy atom. The fourth-order valence-electron chi connectivity index (χ4n) is 2.55. The Balaban J connectivity index is 1.91. The number of hydrogen-bond acceptors (Lipinski definition) is 7. The van der Waals surface area contributed by atoms with Crippen molar-refractivity contribution in [3.63, 3.8) is 0 Å². The molecule has 0 spiro atoms. The van der Waals surface area contributed by atoms with Crippen molar-refractivity contribution < 1.29 is 37.7 Å². The predicted octanol–water partition coefficient (Wildman–Crippen LogP) is 3.73. The number of carbonyl (C=O) groups excluding carboxylic acids is 2. The van der Waals surface area contributed by atoms with Crippen molar-refractivity contribution in [1.82, 2.24) is 0 Å². The van der Waals surface area contributed by atoms with Crippen LogP contribution in [0.15, 0.2) is 66.8 Å². The molecule has 0 aliphatic heterocycles. The molecule has 0 fully saturated rings. The summed E-state index contributed by atoms with van der Waals surface area (Å²) in [6, 6.07) is 11.1. The Morgan fingerprint density at radius 2 is 1.44 bits per heavy atom. The molecule has 32 heavy (non-hydrogen) atoms. The van der Waals surface area contributed by atoms with E-state index in [0.717, 1.165) is 5.56 Å². The van der Waals surface area contributed by atoms with Crippen molar-refractivity contribution in [2.75, 3.05) is 40.6 Å². The molecule has 0 bridgehead atoms. The summed E-state index contributed by atoms with van der Waals surface area (Å²) in [6.45, 7) is 7.20. The summed E-state index contributed by atoms with van der Waals surface area (Å²) in [7, 11) is 2.90. The zero-order chi connectivity index (χ0) is 23.5. The monoisotopic (exact) mass is 444 g/mol. The van der Waals surface area contributed by atoms with Crippen LogP contribution in [-0.2, 0) is 23.8 Å². The second-order valence-corrected chi connectivity index (χ2v) is 6.62. The molecule has 0 saturated carbocycles. The van der Waals surface area contributed by atoms with Crippen LogP contribution in [0.5, 0.6) is 11.5 Å². The minimum atomic E-state index is -0.594. The van der Waals surface area contributed by atoms with Crippen LogP contribution in [0.25, 0.3) is 11.1 Å². The largest absolute Gasteiger partial charge is 0.487 e. The van der Waals surface area contributed by atoms with Crippen molar-refractivity contribution in [3.8, 4) is 22.6 Å². The normalized spacial score (nSPS) is 10.3. The standard InChI is InChI=1S/C24H25FO7/c1-16(14-28-3)23(26)31-12-11-30-22-10-7-19(13-21(22)25)18-5-8-20(9-6-18)32-24(27)17(2)15-29-4/h5-10,13H,1-2,11-12,14-15H2,3-4H3. The molecule has 0 atom stereocenters. The lowest BCUT2D eigenvalue weighted by Gasteiger charge is -2.11. The number of esters is 2. The average Bonchev–Trinajstić information content (AvgIpc) is 2.78. The lowest BCUT2D eigenvalue weighted by Crippen LogP contribution is -2.15. The lowest BCUT2D eigenvalue weighted by atomic mass is 10.1. The Labute approximate surface area is 186 Å². The van der Waals surface area contributed by atoms with Gasteiger partial charge in [0.15, 0.2) is 11.6 Å². The zero-order valence-electron chi connectivity index (χ0n) is 18.0. The molecule has 0 aliphatic carbocycles. The van der Waals surface area contributed by atoms with Crippen LogP contribution in [0.2, 0.25) is 0 Å². The number of rotatable bonds is 12. The molecule has 0 N–H and O–H groups in total. The van der Waals surface area contributed by atoms with Gasteiger partial charge in [-0.3, -0.25) is 0 Å². The molecular formula is C24H25FO7. The molecule has 7 nitrogen and oxygen atoms in total. The van der Waals surface area contributed by atoms with Crippen LogP contribution in [0.4, 0.5) is 4.39 Å². The highest BCUT2D eigenvalue weighted by Crippen LogP contribution is 2.27. The third kappa shape index (κ3) is 7.33. The third-order valence-electron chi connectivity index (χ3n) is 4.12. The minimum Gasteiger partial charge on any atom is -0.487 e. The SMILES string of the molecule is C=C(COC)C(=O)OCCOc1ccc(-c2ccc(OC(=O)C(=C)COC)cc2)cc1F. The fourth-order valence-corrected chi connectivity index (χ4v) is 2.55. The van der Waals surface area contributed by atoms with Gasteiger partial charge in [-0.1, -0.05) is 31.4 Å². The van der Waals surface area contributed by atoms with Gasteiger partial charge in [-0.2, -0.15) is 0 Å². The maximum Gasteiger partial charge on any atom is 0.341 e. The number of carbonyl (C=O) groups is 2. The van der Waals surface area contributed by atoms with Gasteiger partial charge in [0, 0.05) is 14.2 Å². The predicted molar refractivity (Wildman–Crippen MR) is 116 cm³/mol. The first kappa shape index (κ1) is 24.8. The molecule has 170 valence electrons. The van der Waals surface area contributed by atoms with Crippen LogP contribution in [0, 0.1) is 5.82 Å². The van der Waals surface area contributed by atoms with Gasteiger partial charge in [-0.25, -0.2) is 14.0 Å². The van der Waals surface area contributed by atoms with E-state index in [1.165, 1.54) is 26.4 Å². The van der Waals surface area contributed by atoms with Crippen molar-refractivity contribution in [2.45, 2.75) is 0 Å². The van der Waals surface area contributed by atoms with Crippen LogP contribution in [-0.4, -0.2) is 52.6 Å². The first-order valence-corrected chi connectivity index (χ1v) is 9.61. The quantitative estimate of drug-likeness (QED) is 0.214. The zero-order valence-corrected chi connectivity index (χ0v) is 18.0. The maximum atomic E-state index is 14.4. The molecule has 2 aromatic carbocycles. The highest BCUT2D eigenvalue weighted by atomic mass is 19.1. The molecule has 0 unspecified atom stereocenters. The molecule has 0 radical (unpaired) electrons. The highest BCUT2D eigenvalue weighted by molar-refractivity contribution is 5.89. The molecule has 2 rings (SSSR count). The molecule has 8 heteroatoms. The molecule has 2 aromatic rings. The summed E-state index contributed by atoms with van der Waals surface area (Å²) in [5.41, 5.74) is 1.71. The number of benzene rings is 2. The van der Waals surface area contributed by atoms with Crippen molar-refractivity contribution in [3.05, 3.63) is 72.6 Å². The summed E-state index contributed by atoms with van der Waals surface area (Å²) in [5.74, 6) is -1.38. The number of ether oxygens (including phenoxy) is 5. The Hall–Kier alpha value is -3.49. The first-order chi connectivity index (χ1) is 15.3. The van der Waals surface area contributed by atoms with Gasteiger partial charge >= 0.3 is 11.9 Å². The smallest absolute Gasteiger partial charge is 0.341 e. The van der Waals surface area contributed by atoms with E-state index in [4.69, 9.17) is 23.7 Å². The van der Waals surface area contributed by atoms with Crippen molar-refractivity contribution in [1.29, 1.82) is 0 Å². The average molecular weight is 444 g/mol. The van der Waals surface area contributed by atoms with Crippen LogP contribution in [0.1, 0.15) is 0 Å². The van der Waals surface area contributed by atoms with E-state index >= 15 is 0 Å². The summed E-state index contributed by atoms with van der Waals surface area (Å²) in [5, 5.41) is 0. The van der Waals surface area contributed by atoms with Gasteiger partial charge < -0.3 is 23.7 Å². The first-order valence-electron chi connectivity index (χ1n) is 9.61. The van der Waals surface area contributed by atoms with E-state index in [0.29, 0.717) is 11.3 Å². The fraction of sp³-hybridized carbons (Fsp3) is 0.250. The van der Waals surface area contributed by atoms with E-state index in [-0.39, 0.29) is 43.3 Å². The number of halogens is 1. The molecule has 0 saturated heterocycles. The second kappa shape index (κ2) is 12.4.